The molecule has 0 radical (unpaired) electrons. The predicted octanol–water partition coefficient (Wildman–Crippen LogP) is 14.0. The van der Waals surface area contributed by atoms with Gasteiger partial charge >= 0.3 is 0 Å². The number of aryl methyl sites for hydroxylation is 2. The highest BCUT2D eigenvalue weighted by Gasteiger charge is 2.27. The molecule has 0 unspecified atom stereocenters. The van der Waals surface area contributed by atoms with Gasteiger partial charge in [0.15, 0.2) is 0 Å². The van der Waals surface area contributed by atoms with E-state index in [9.17, 15) is 6.48 Å². The molecule has 1 N–H and O–H groups in total. The second-order valence-corrected chi connectivity index (χ2v) is 16.8. The fourth-order valence-electron chi connectivity index (χ4n) is 7.34. The minimum atomic E-state index is -2.96. The largest absolute Gasteiger partial charge is 0.507 e. The fourth-order valence-corrected chi connectivity index (χ4v) is 7.34. The topological polar surface area (TPSA) is 50.9 Å². The fraction of sp³-hybridized carbons (Fsp3) is 0.208. The highest BCUT2D eigenvalue weighted by Crippen LogP contribution is 2.44. The van der Waals surface area contributed by atoms with Crippen molar-refractivity contribution in [2.75, 3.05) is 0 Å². The van der Waals surface area contributed by atoms with Crippen LogP contribution in [0.15, 0.2) is 139 Å². The van der Waals surface area contributed by atoms with Gasteiger partial charge in [0, 0.05) is 32.5 Å². The Balaban J connectivity index is 1.45. The summed E-state index contributed by atoms with van der Waals surface area (Å²) in [5.74, 6) is 0.654. The van der Waals surface area contributed by atoms with Gasteiger partial charge in [-0.1, -0.05) is 138 Å². The Morgan fingerprint density at radius 2 is 1.35 bits per heavy atom. The van der Waals surface area contributed by atoms with Crippen molar-refractivity contribution in [2.24, 2.45) is 0 Å². The highest BCUT2D eigenvalue weighted by atomic mass is 16.3. The first-order valence-corrected chi connectivity index (χ1v) is 19.1. The first-order chi connectivity index (χ1) is 31.3. The Morgan fingerprint density at radius 3 is 2.07 bits per heavy atom. The third kappa shape index (κ3) is 7.29. The predicted molar refractivity (Wildman–Crippen MR) is 239 cm³/mol. The summed E-state index contributed by atoms with van der Waals surface area (Å²) in [5.41, 5.74) is 7.72. The molecule has 2 aromatic heterocycles. The van der Waals surface area contributed by atoms with E-state index >= 15 is 0 Å². The van der Waals surface area contributed by atoms with Gasteiger partial charge in [-0.05, 0) is 113 Å². The number of rotatable bonds is 6. The van der Waals surface area contributed by atoms with Gasteiger partial charge in [0.2, 0.25) is 0 Å². The third-order valence-corrected chi connectivity index (χ3v) is 10.3. The number of imidazole rings is 1. The average Bonchev–Trinajstić information content (AvgIpc) is 3.64. The molecule has 284 valence electrons. The number of nitrogens with zero attached hydrogens (tertiary/aromatic N) is 3. The van der Waals surface area contributed by atoms with Crippen molar-refractivity contribution >= 4 is 11.0 Å². The molecule has 4 nitrogen and oxygen atoms in total. The van der Waals surface area contributed by atoms with E-state index in [1.165, 1.54) is 0 Å². The summed E-state index contributed by atoms with van der Waals surface area (Å²) in [6.45, 7) is 13.4. The average molecular weight is 756 g/mol. The summed E-state index contributed by atoms with van der Waals surface area (Å²) < 4.78 is 87.8. The van der Waals surface area contributed by atoms with Crippen LogP contribution in [0.25, 0.3) is 72.7 Å². The molecule has 0 atom stereocenters. The van der Waals surface area contributed by atoms with Crippen LogP contribution in [-0.4, -0.2) is 19.6 Å². The lowest BCUT2D eigenvalue weighted by atomic mass is 9.83. The van der Waals surface area contributed by atoms with E-state index in [4.69, 9.17) is 17.3 Å². The molecule has 8 rings (SSSR count). The van der Waals surface area contributed by atoms with Crippen LogP contribution in [0.4, 0.5) is 0 Å². The second-order valence-electron chi connectivity index (χ2n) is 16.8. The van der Waals surface area contributed by atoms with E-state index in [0.29, 0.717) is 28.0 Å². The van der Waals surface area contributed by atoms with Gasteiger partial charge in [-0.3, -0.25) is 9.55 Å². The van der Waals surface area contributed by atoms with Gasteiger partial charge in [-0.25, -0.2) is 4.98 Å². The molecule has 4 heteroatoms. The molecule has 0 saturated carbocycles. The molecule has 0 saturated heterocycles. The lowest BCUT2D eigenvalue weighted by molar-refractivity contribution is 0.448. The number of aromatic hydroxyl groups is 1. The van der Waals surface area contributed by atoms with E-state index in [0.717, 1.165) is 50.1 Å². The van der Waals surface area contributed by atoms with Crippen molar-refractivity contribution in [3.8, 4) is 67.5 Å². The van der Waals surface area contributed by atoms with Gasteiger partial charge in [-0.15, -0.1) is 0 Å². The normalized spacial score (nSPS) is 14.7. The van der Waals surface area contributed by atoms with Crippen LogP contribution < -0.4 is 0 Å². The molecule has 8 aromatic rings. The Morgan fingerprint density at radius 1 is 0.614 bits per heavy atom. The standard InChI is InChI=1S/C53H51N3O/c1-33-18-21-36(22-19-33)38-24-25-54-46(32-38)40-29-39(30-41(31-40)52(4,5)6)42-16-13-17-48-49(42)55-51(44-27-35(3)28-45(50(44)57)53(7,8)9)56(48)47-23-20-34(2)26-43(47)37-14-11-10-12-15-37/h10-32,57H,1-9H3/i1D3,18D,19D,21D,22D,24D,25D,32D. The van der Waals surface area contributed by atoms with E-state index in [2.05, 4.69) is 67.6 Å². The number of phenols is 1. The smallest absolute Gasteiger partial charge is 0.149 e. The van der Waals surface area contributed by atoms with Crippen LogP contribution in [0.3, 0.4) is 0 Å². The lowest BCUT2D eigenvalue weighted by Gasteiger charge is -2.23. The maximum absolute atomic E-state index is 12.2. The first-order valence-electron chi connectivity index (χ1n) is 24.1. The van der Waals surface area contributed by atoms with Crippen LogP contribution >= 0.6 is 0 Å². The third-order valence-electron chi connectivity index (χ3n) is 10.3. The quantitative estimate of drug-likeness (QED) is 0.184. The number of phenolic OH excluding ortho intramolecular Hbond substituents is 1. The summed E-state index contributed by atoms with van der Waals surface area (Å²) in [5, 5.41) is 12.2. The summed E-state index contributed by atoms with van der Waals surface area (Å²) in [7, 11) is 0. The number of pyridine rings is 1. The van der Waals surface area contributed by atoms with Crippen LogP contribution in [0.5, 0.6) is 5.75 Å². The van der Waals surface area contributed by atoms with Gasteiger partial charge < -0.3 is 5.11 Å². The summed E-state index contributed by atoms with van der Waals surface area (Å²) in [4.78, 5) is 9.88. The Labute approximate surface area is 351 Å². The van der Waals surface area contributed by atoms with E-state index in [1.807, 2.05) is 94.4 Å². The zero-order chi connectivity index (χ0) is 48.8. The minimum Gasteiger partial charge on any atom is -0.507 e. The van der Waals surface area contributed by atoms with Crippen LogP contribution in [0.2, 0.25) is 0 Å². The molecule has 0 aliphatic heterocycles. The van der Waals surface area contributed by atoms with Gasteiger partial charge in [0.05, 0.1) is 37.6 Å². The minimum absolute atomic E-state index is 0.0370. The molecule has 0 spiro atoms. The summed E-state index contributed by atoms with van der Waals surface area (Å²) in [6.07, 6.45) is -0.564. The van der Waals surface area contributed by atoms with Crippen molar-refractivity contribution in [2.45, 2.75) is 73.1 Å². The number of benzene rings is 6. The Kier molecular flexibility index (Phi) is 6.89. The zero-order valence-electron chi connectivity index (χ0n) is 43.5. The van der Waals surface area contributed by atoms with Crippen LogP contribution in [0.1, 0.15) is 83.1 Å². The van der Waals surface area contributed by atoms with E-state index in [-0.39, 0.29) is 17.0 Å². The van der Waals surface area contributed by atoms with Crippen molar-refractivity contribution < 1.29 is 18.8 Å². The molecule has 57 heavy (non-hydrogen) atoms. The van der Waals surface area contributed by atoms with Gasteiger partial charge in [-0.2, -0.15) is 0 Å². The molecule has 0 aliphatic carbocycles. The highest BCUT2D eigenvalue weighted by molar-refractivity contribution is 5.98. The van der Waals surface area contributed by atoms with Crippen molar-refractivity contribution in [1.29, 1.82) is 0 Å². The van der Waals surface area contributed by atoms with Crippen molar-refractivity contribution in [3.63, 3.8) is 0 Å². The monoisotopic (exact) mass is 755 g/mol. The summed E-state index contributed by atoms with van der Waals surface area (Å²) >= 11 is 0. The Bertz CT molecular complexity index is 3280. The number of hydrogen-bond donors (Lipinski definition) is 1. The number of aromatic nitrogens is 3. The molecular formula is C53H51N3O. The SMILES string of the molecule is [2H]c1nc(-c2cc(-c3cccc4c3nc(-c3cc(C)cc(C(C)(C)C)c3O)n4-c3ccc(C)cc3-c3ccccc3)cc(C(C)(C)C)c2)c([2H])c(-c2c([2H])c([2H])c(C([2H])([2H])[2H])c([2H])c2[2H])c1[2H]. The van der Waals surface area contributed by atoms with Crippen molar-refractivity contribution in [1.82, 2.24) is 14.5 Å². The molecule has 0 amide bonds. The van der Waals surface area contributed by atoms with Crippen LogP contribution in [0, 0.1) is 20.7 Å². The van der Waals surface area contributed by atoms with E-state index in [1.54, 1.807) is 0 Å². The van der Waals surface area contributed by atoms with Gasteiger partial charge in [0.25, 0.3) is 0 Å². The first kappa shape index (κ1) is 27.4. The molecule has 2 heterocycles. The van der Waals surface area contributed by atoms with Crippen molar-refractivity contribution in [3.05, 3.63) is 167 Å². The lowest BCUT2D eigenvalue weighted by Crippen LogP contribution is -2.12. The molecule has 0 fully saturated rings. The molecule has 6 aromatic carbocycles. The Hall–Kier alpha value is -6.26. The molecular weight excluding hydrogens is 695 g/mol. The number of hydrogen-bond acceptors (Lipinski definition) is 3. The van der Waals surface area contributed by atoms with Crippen LogP contribution in [-0.2, 0) is 10.8 Å². The number of para-hydroxylation sites is 1. The maximum Gasteiger partial charge on any atom is 0.149 e. The van der Waals surface area contributed by atoms with Gasteiger partial charge in [0.1, 0.15) is 11.6 Å². The molecule has 0 aliphatic rings. The zero-order valence-corrected chi connectivity index (χ0v) is 33.5. The summed E-state index contributed by atoms with van der Waals surface area (Å²) in [6, 6.07) is 27.9. The van der Waals surface area contributed by atoms with E-state index < -0.39 is 71.2 Å². The molecule has 0 bridgehead atoms. The second kappa shape index (κ2) is 14.4. The maximum atomic E-state index is 12.2. The number of fused-ring (bicyclic) bond motifs is 1.